The van der Waals surface area contributed by atoms with Crippen molar-refractivity contribution in [3.8, 4) is 11.5 Å². The number of hydrogen-bond acceptors (Lipinski definition) is 5. The monoisotopic (exact) mass is 306 g/mol. The Kier molecular flexibility index (Phi) is 4.54. The minimum Gasteiger partial charge on any atom is -0.493 e. The zero-order chi connectivity index (χ0) is 15.3. The van der Waals surface area contributed by atoms with Gasteiger partial charge in [0.05, 0.1) is 14.2 Å². The van der Waals surface area contributed by atoms with Gasteiger partial charge in [0.2, 0.25) is 0 Å². The van der Waals surface area contributed by atoms with E-state index in [9.17, 15) is 8.42 Å². The van der Waals surface area contributed by atoms with Crippen LogP contribution in [0.3, 0.4) is 0 Å². The Bertz CT molecular complexity index is 743. The predicted molar refractivity (Wildman–Crippen MR) is 78.6 cm³/mol. The Morgan fingerprint density at radius 2 is 1.90 bits per heavy atom. The van der Waals surface area contributed by atoms with E-state index in [1.54, 1.807) is 24.3 Å². The number of nitrogens with zero attached hydrogens (tertiary/aromatic N) is 2. The fourth-order valence-corrected chi connectivity index (χ4v) is 2.45. The maximum Gasteiger partial charge on any atom is 0.283 e. The molecule has 0 N–H and O–H groups in total. The number of hydrogen-bond donors (Lipinski definition) is 0. The van der Waals surface area contributed by atoms with Crippen molar-refractivity contribution >= 4 is 16.2 Å². The van der Waals surface area contributed by atoms with E-state index in [4.69, 9.17) is 9.47 Å². The number of pyridine rings is 1. The van der Waals surface area contributed by atoms with Crippen molar-refractivity contribution < 1.29 is 17.9 Å². The molecule has 1 aromatic carbocycles. The van der Waals surface area contributed by atoms with E-state index in [2.05, 4.69) is 9.38 Å². The van der Waals surface area contributed by atoms with Crippen molar-refractivity contribution in [2.45, 2.75) is 4.90 Å². The molecule has 1 heterocycles. The summed E-state index contributed by atoms with van der Waals surface area (Å²) in [6, 6.07) is 7.98. The van der Waals surface area contributed by atoms with Crippen LogP contribution in [0.15, 0.2) is 52.0 Å². The summed E-state index contributed by atoms with van der Waals surface area (Å²) in [5.41, 5.74) is 0.583. The van der Waals surface area contributed by atoms with Crippen LogP contribution >= 0.6 is 0 Å². The number of rotatable bonds is 5. The van der Waals surface area contributed by atoms with E-state index in [0.717, 1.165) is 0 Å². The van der Waals surface area contributed by atoms with E-state index in [-0.39, 0.29) is 4.90 Å². The SMILES string of the molecule is COc1ccc(/C=N/S(=O)(=O)c2cccnc2)cc1OC. The van der Waals surface area contributed by atoms with Crippen LogP contribution in [0.2, 0.25) is 0 Å². The number of aromatic nitrogens is 1. The summed E-state index contributed by atoms with van der Waals surface area (Å²) in [4.78, 5) is 3.81. The molecule has 0 aliphatic heterocycles. The second-order valence-corrected chi connectivity index (χ2v) is 5.65. The van der Waals surface area contributed by atoms with Gasteiger partial charge in [0.25, 0.3) is 10.0 Å². The van der Waals surface area contributed by atoms with Gasteiger partial charge in [0.1, 0.15) is 4.90 Å². The summed E-state index contributed by atoms with van der Waals surface area (Å²) in [7, 11) is -0.727. The van der Waals surface area contributed by atoms with Gasteiger partial charge in [-0.2, -0.15) is 12.8 Å². The molecule has 0 aliphatic rings. The van der Waals surface area contributed by atoms with E-state index in [1.807, 2.05) is 0 Å². The molecule has 0 saturated carbocycles. The topological polar surface area (TPSA) is 77.9 Å². The van der Waals surface area contributed by atoms with E-state index in [1.165, 1.54) is 38.9 Å². The Balaban J connectivity index is 2.29. The van der Waals surface area contributed by atoms with Gasteiger partial charge < -0.3 is 9.47 Å². The third-order valence-corrected chi connectivity index (χ3v) is 3.90. The molecular formula is C14H14N2O4S. The number of methoxy groups -OCH3 is 2. The maximum absolute atomic E-state index is 12.0. The second kappa shape index (κ2) is 6.36. The van der Waals surface area contributed by atoms with Crippen LogP contribution in [0.1, 0.15) is 5.56 Å². The zero-order valence-electron chi connectivity index (χ0n) is 11.6. The summed E-state index contributed by atoms with van der Waals surface area (Å²) in [5, 5.41) is 0. The first-order valence-corrected chi connectivity index (χ1v) is 7.43. The van der Waals surface area contributed by atoms with Gasteiger partial charge in [0.15, 0.2) is 11.5 Å². The lowest BCUT2D eigenvalue weighted by Crippen LogP contribution is -1.98. The van der Waals surface area contributed by atoms with Gasteiger partial charge in [0, 0.05) is 18.6 Å². The minimum absolute atomic E-state index is 0.0433. The van der Waals surface area contributed by atoms with Crippen molar-refractivity contribution in [3.05, 3.63) is 48.3 Å². The molecule has 0 unspecified atom stereocenters. The average molecular weight is 306 g/mol. The molecule has 0 spiro atoms. The first-order chi connectivity index (χ1) is 10.1. The third-order valence-electron chi connectivity index (χ3n) is 2.68. The molecule has 0 fully saturated rings. The lowest BCUT2D eigenvalue weighted by atomic mass is 10.2. The van der Waals surface area contributed by atoms with Gasteiger partial charge in [-0.3, -0.25) is 4.98 Å². The smallest absolute Gasteiger partial charge is 0.283 e. The molecule has 6 nitrogen and oxygen atoms in total. The lowest BCUT2D eigenvalue weighted by molar-refractivity contribution is 0.355. The van der Waals surface area contributed by atoms with E-state index in [0.29, 0.717) is 17.1 Å². The molecule has 0 aliphatic carbocycles. The molecule has 1 aromatic heterocycles. The number of ether oxygens (including phenoxy) is 2. The number of sulfonamides is 1. The Labute approximate surface area is 123 Å². The molecular weight excluding hydrogens is 292 g/mol. The molecule has 2 aromatic rings. The largest absolute Gasteiger partial charge is 0.493 e. The van der Waals surface area contributed by atoms with E-state index >= 15 is 0 Å². The molecule has 0 atom stereocenters. The summed E-state index contributed by atoms with van der Waals surface area (Å²) in [6.45, 7) is 0. The Hall–Kier alpha value is -2.41. The normalized spacial score (nSPS) is 11.5. The van der Waals surface area contributed by atoms with Crippen molar-refractivity contribution in [1.29, 1.82) is 0 Å². The fraction of sp³-hybridized carbons (Fsp3) is 0.143. The van der Waals surface area contributed by atoms with Crippen LogP contribution in [0.4, 0.5) is 0 Å². The van der Waals surface area contributed by atoms with Crippen molar-refractivity contribution in [1.82, 2.24) is 4.98 Å². The van der Waals surface area contributed by atoms with E-state index < -0.39 is 10.0 Å². The van der Waals surface area contributed by atoms with Gasteiger partial charge in [-0.25, -0.2) is 0 Å². The highest BCUT2D eigenvalue weighted by molar-refractivity contribution is 7.90. The molecule has 7 heteroatoms. The standard InChI is InChI=1S/C14H14N2O4S/c1-19-13-6-5-11(8-14(13)20-2)9-16-21(17,18)12-4-3-7-15-10-12/h3-10H,1-2H3/b16-9+. The van der Waals surface area contributed by atoms with Crippen molar-refractivity contribution in [2.75, 3.05) is 14.2 Å². The van der Waals surface area contributed by atoms with Crippen molar-refractivity contribution in [2.24, 2.45) is 4.40 Å². The average Bonchev–Trinajstić information content (AvgIpc) is 2.53. The number of benzene rings is 1. The zero-order valence-corrected chi connectivity index (χ0v) is 12.4. The van der Waals surface area contributed by atoms with Crippen LogP contribution in [0, 0.1) is 0 Å². The van der Waals surface area contributed by atoms with Crippen LogP contribution in [-0.2, 0) is 10.0 Å². The summed E-state index contributed by atoms with van der Waals surface area (Å²) in [5.74, 6) is 1.06. The highest BCUT2D eigenvalue weighted by Crippen LogP contribution is 2.27. The van der Waals surface area contributed by atoms with Crippen molar-refractivity contribution in [3.63, 3.8) is 0 Å². The summed E-state index contributed by atoms with van der Waals surface area (Å²) in [6.07, 6.45) is 4.00. The Morgan fingerprint density at radius 1 is 1.14 bits per heavy atom. The fourth-order valence-electron chi connectivity index (χ4n) is 1.62. The molecule has 0 bridgehead atoms. The highest BCUT2D eigenvalue weighted by atomic mass is 32.2. The molecule has 21 heavy (non-hydrogen) atoms. The molecule has 2 rings (SSSR count). The maximum atomic E-state index is 12.0. The first-order valence-electron chi connectivity index (χ1n) is 5.99. The van der Waals surface area contributed by atoms with Crippen LogP contribution in [0.5, 0.6) is 11.5 Å². The van der Waals surface area contributed by atoms with Gasteiger partial charge >= 0.3 is 0 Å². The van der Waals surface area contributed by atoms with Gasteiger partial charge in [-0.05, 0) is 35.9 Å². The summed E-state index contributed by atoms with van der Waals surface area (Å²) < 4.78 is 37.9. The predicted octanol–water partition coefficient (Wildman–Crippen LogP) is 1.91. The second-order valence-electron chi connectivity index (χ2n) is 4.01. The highest BCUT2D eigenvalue weighted by Gasteiger charge is 2.11. The molecule has 0 saturated heterocycles. The van der Waals surface area contributed by atoms with Crippen LogP contribution < -0.4 is 9.47 Å². The molecule has 0 radical (unpaired) electrons. The summed E-state index contributed by atoms with van der Waals surface area (Å²) >= 11 is 0. The quantitative estimate of drug-likeness (QED) is 0.788. The van der Waals surface area contributed by atoms with Crippen LogP contribution in [-0.4, -0.2) is 33.8 Å². The van der Waals surface area contributed by atoms with Crippen LogP contribution in [0.25, 0.3) is 0 Å². The lowest BCUT2D eigenvalue weighted by Gasteiger charge is -2.07. The van der Waals surface area contributed by atoms with Gasteiger partial charge in [-0.1, -0.05) is 0 Å². The van der Waals surface area contributed by atoms with Gasteiger partial charge in [-0.15, -0.1) is 0 Å². The molecule has 0 amide bonds. The minimum atomic E-state index is -3.76. The molecule has 110 valence electrons. The Morgan fingerprint density at radius 3 is 2.52 bits per heavy atom. The first kappa shape index (κ1) is 15.0. The third kappa shape index (κ3) is 3.57.